The largest absolute Gasteiger partial charge is 0.494 e. The van der Waals surface area contributed by atoms with Gasteiger partial charge in [0.15, 0.2) is 0 Å². The van der Waals surface area contributed by atoms with E-state index in [9.17, 15) is 4.39 Å². The van der Waals surface area contributed by atoms with Gasteiger partial charge in [-0.2, -0.15) is 0 Å². The molecule has 0 aromatic heterocycles. The van der Waals surface area contributed by atoms with Gasteiger partial charge in [-0.05, 0) is 36.8 Å². The van der Waals surface area contributed by atoms with Gasteiger partial charge in [0.2, 0.25) is 0 Å². The topological polar surface area (TPSA) is 35.2 Å². The Bertz CT molecular complexity index is 519. The summed E-state index contributed by atoms with van der Waals surface area (Å²) in [4.78, 5) is 0.895. The number of nitrogen functional groups attached to an aromatic ring is 1. The second-order valence-corrected chi connectivity index (χ2v) is 5.22. The first-order chi connectivity index (χ1) is 9.25. The average Bonchev–Trinajstić information content (AvgIpc) is 2.43. The van der Waals surface area contributed by atoms with Crippen LogP contribution < -0.4 is 10.5 Å². The minimum Gasteiger partial charge on any atom is -0.494 e. The van der Waals surface area contributed by atoms with Crippen molar-refractivity contribution in [2.24, 2.45) is 0 Å². The van der Waals surface area contributed by atoms with Crippen LogP contribution in [0, 0.1) is 5.82 Å². The fraction of sp³-hybridized carbons (Fsp3) is 0.200. The molecule has 0 aliphatic carbocycles. The van der Waals surface area contributed by atoms with Crippen LogP contribution in [0.15, 0.2) is 53.4 Å². The van der Waals surface area contributed by atoms with E-state index in [1.54, 1.807) is 17.8 Å². The molecular formula is C15H16FNOS. The molecule has 2 aromatic carbocycles. The lowest BCUT2D eigenvalue weighted by Gasteiger charge is -2.06. The van der Waals surface area contributed by atoms with Gasteiger partial charge in [-0.25, -0.2) is 4.39 Å². The molecule has 19 heavy (non-hydrogen) atoms. The molecule has 0 saturated heterocycles. The van der Waals surface area contributed by atoms with Crippen molar-refractivity contribution >= 4 is 17.4 Å². The van der Waals surface area contributed by atoms with Crippen LogP contribution in [-0.2, 0) is 0 Å². The third kappa shape index (κ3) is 4.48. The van der Waals surface area contributed by atoms with Gasteiger partial charge in [0.25, 0.3) is 0 Å². The third-order valence-electron chi connectivity index (χ3n) is 2.54. The zero-order valence-electron chi connectivity index (χ0n) is 10.5. The average molecular weight is 277 g/mol. The summed E-state index contributed by atoms with van der Waals surface area (Å²) < 4.78 is 18.8. The van der Waals surface area contributed by atoms with E-state index in [1.165, 1.54) is 6.07 Å². The SMILES string of the molecule is Nc1ccc(SCCCOc2ccccc2)cc1F. The van der Waals surface area contributed by atoms with Gasteiger partial charge in [-0.3, -0.25) is 0 Å². The Labute approximate surface area is 116 Å². The molecule has 0 unspecified atom stereocenters. The first-order valence-corrected chi connectivity index (χ1v) is 7.10. The maximum absolute atomic E-state index is 13.2. The lowest BCUT2D eigenvalue weighted by atomic mass is 10.3. The Morgan fingerprint density at radius 2 is 1.89 bits per heavy atom. The molecule has 0 amide bonds. The number of hydrogen-bond acceptors (Lipinski definition) is 3. The van der Waals surface area contributed by atoms with Crippen molar-refractivity contribution in [3.63, 3.8) is 0 Å². The first-order valence-electron chi connectivity index (χ1n) is 6.11. The van der Waals surface area contributed by atoms with Crippen LogP contribution in [-0.4, -0.2) is 12.4 Å². The summed E-state index contributed by atoms with van der Waals surface area (Å²) in [5.74, 6) is 1.41. The van der Waals surface area contributed by atoms with E-state index in [-0.39, 0.29) is 11.5 Å². The highest BCUT2D eigenvalue weighted by atomic mass is 32.2. The van der Waals surface area contributed by atoms with Gasteiger partial charge in [0.1, 0.15) is 11.6 Å². The van der Waals surface area contributed by atoms with Crippen LogP contribution >= 0.6 is 11.8 Å². The fourth-order valence-electron chi connectivity index (χ4n) is 1.55. The number of para-hydroxylation sites is 1. The fourth-order valence-corrected chi connectivity index (χ4v) is 2.40. The van der Waals surface area contributed by atoms with Gasteiger partial charge < -0.3 is 10.5 Å². The van der Waals surface area contributed by atoms with E-state index in [1.807, 2.05) is 36.4 Å². The quantitative estimate of drug-likeness (QED) is 0.493. The molecule has 4 heteroatoms. The van der Waals surface area contributed by atoms with Gasteiger partial charge in [0, 0.05) is 10.6 Å². The first kappa shape index (κ1) is 13.7. The lowest BCUT2D eigenvalue weighted by Crippen LogP contribution is -1.98. The lowest BCUT2D eigenvalue weighted by molar-refractivity contribution is 0.319. The number of halogens is 1. The standard InChI is InChI=1S/C15H16FNOS/c16-14-11-13(7-8-15(14)17)19-10-4-9-18-12-5-2-1-3-6-12/h1-3,5-8,11H,4,9-10,17H2. The van der Waals surface area contributed by atoms with E-state index in [2.05, 4.69) is 0 Å². The van der Waals surface area contributed by atoms with E-state index in [0.717, 1.165) is 22.8 Å². The summed E-state index contributed by atoms with van der Waals surface area (Å²) >= 11 is 1.60. The summed E-state index contributed by atoms with van der Waals surface area (Å²) in [5.41, 5.74) is 5.62. The van der Waals surface area contributed by atoms with Crippen LogP contribution in [0.4, 0.5) is 10.1 Å². The zero-order chi connectivity index (χ0) is 13.5. The number of benzene rings is 2. The third-order valence-corrected chi connectivity index (χ3v) is 3.62. The Hall–Kier alpha value is -1.68. The molecule has 0 bridgehead atoms. The van der Waals surface area contributed by atoms with Gasteiger partial charge >= 0.3 is 0 Å². The molecule has 2 rings (SSSR count). The summed E-state index contributed by atoms with van der Waals surface area (Å²) in [6, 6.07) is 14.6. The van der Waals surface area contributed by atoms with Crippen molar-refractivity contribution in [1.82, 2.24) is 0 Å². The van der Waals surface area contributed by atoms with Gasteiger partial charge in [-0.1, -0.05) is 18.2 Å². The molecule has 0 saturated carbocycles. The molecule has 0 radical (unpaired) electrons. The van der Waals surface area contributed by atoms with Gasteiger partial charge in [0.05, 0.1) is 12.3 Å². The van der Waals surface area contributed by atoms with Crippen LogP contribution in [0.2, 0.25) is 0 Å². The molecule has 2 aromatic rings. The van der Waals surface area contributed by atoms with Crippen molar-refractivity contribution in [3.8, 4) is 5.75 Å². The van der Waals surface area contributed by atoms with Crippen molar-refractivity contribution in [1.29, 1.82) is 0 Å². The van der Waals surface area contributed by atoms with Crippen molar-refractivity contribution in [2.45, 2.75) is 11.3 Å². The molecule has 0 fully saturated rings. The van der Waals surface area contributed by atoms with Crippen molar-refractivity contribution in [2.75, 3.05) is 18.1 Å². The molecular weight excluding hydrogens is 261 g/mol. The van der Waals surface area contributed by atoms with Crippen LogP contribution in [0.5, 0.6) is 5.75 Å². The molecule has 2 nitrogen and oxygen atoms in total. The van der Waals surface area contributed by atoms with Crippen molar-refractivity contribution < 1.29 is 9.13 Å². The van der Waals surface area contributed by atoms with E-state index < -0.39 is 0 Å². The Kier molecular flexibility index (Phi) is 5.10. The van der Waals surface area contributed by atoms with Crippen LogP contribution in [0.25, 0.3) is 0 Å². The minimum atomic E-state index is -0.356. The number of ether oxygens (including phenoxy) is 1. The molecule has 2 N–H and O–H groups in total. The molecule has 100 valence electrons. The van der Waals surface area contributed by atoms with E-state index >= 15 is 0 Å². The van der Waals surface area contributed by atoms with Crippen molar-refractivity contribution in [3.05, 3.63) is 54.3 Å². The summed E-state index contributed by atoms with van der Waals surface area (Å²) in [6.45, 7) is 0.661. The predicted molar refractivity (Wildman–Crippen MR) is 78.1 cm³/mol. The summed E-state index contributed by atoms with van der Waals surface area (Å²) in [7, 11) is 0. The van der Waals surface area contributed by atoms with Crippen LogP contribution in [0.3, 0.4) is 0 Å². The highest BCUT2D eigenvalue weighted by Gasteiger charge is 2.00. The number of anilines is 1. The zero-order valence-corrected chi connectivity index (χ0v) is 11.3. The second-order valence-electron chi connectivity index (χ2n) is 4.05. The number of thioether (sulfide) groups is 1. The van der Waals surface area contributed by atoms with E-state index in [4.69, 9.17) is 10.5 Å². The maximum atomic E-state index is 13.2. The Balaban J connectivity index is 1.68. The summed E-state index contributed by atoms with van der Waals surface area (Å²) in [5, 5.41) is 0. The summed E-state index contributed by atoms with van der Waals surface area (Å²) in [6.07, 6.45) is 0.908. The molecule has 0 atom stereocenters. The Morgan fingerprint density at radius 3 is 2.63 bits per heavy atom. The van der Waals surface area contributed by atoms with E-state index in [0.29, 0.717) is 6.61 Å². The normalized spacial score (nSPS) is 10.4. The maximum Gasteiger partial charge on any atom is 0.147 e. The van der Waals surface area contributed by atoms with Crippen LogP contribution in [0.1, 0.15) is 6.42 Å². The molecule has 0 aliphatic heterocycles. The number of nitrogens with two attached hydrogens (primary N) is 1. The van der Waals surface area contributed by atoms with Gasteiger partial charge in [-0.15, -0.1) is 11.8 Å². The smallest absolute Gasteiger partial charge is 0.147 e. The minimum absolute atomic E-state index is 0.191. The highest BCUT2D eigenvalue weighted by Crippen LogP contribution is 2.22. The molecule has 0 heterocycles. The number of hydrogen-bond donors (Lipinski definition) is 1. The number of rotatable bonds is 6. The highest BCUT2D eigenvalue weighted by molar-refractivity contribution is 7.99. The molecule has 0 spiro atoms. The predicted octanol–water partition coefficient (Wildman–Crippen LogP) is 3.97. The second kappa shape index (κ2) is 7.04. The monoisotopic (exact) mass is 277 g/mol. The molecule has 0 aliphatic rings. The Morgan fingerprint density at radius 1 is 1.11 bits per heavy atom.